The molecule has 3 rings (SSSR count). The minimum Gasteiger partial charge on any atom is -0.320 e. The van der Waals surface area contributed by atoms with E-state index in [0.717, 1.165) is 18.9 Å². The van der Waals surface area contributed by atoms with Crippen molar-refractivity contribution in [3.05, 3.63) is 64.7 Å². The number of urea groups is 1. The number of hydrogen-bond donors (Lipinski definition) is 1. The van der Waals surface area contributed by atoms with Crippen LogP contribution in [-0.2, 0) is 17.9 Å². The van der Waals surface area contributed by atoms with Crippen molar-refractivity contribution in [1.29, 1.82) is 0 Å². The Labute approximate surface area is 159 Å². The molecule has 0 saturated heterocycles. The number of anilines is 1. The average Bonchev–Trinajstić information content (AvgIpc) is 2.70. The van der Waals surface area contributed by atoms with Gasteiger partial charge in [0, 0.05) is 31.3 Å². The number of benzene rings is 2. The van der Waals surface area contributed by atoms with Gasteiger partial charge in [-0.25, -0.2) is 13.6 Å². The molecule has 144 valence electrons. The lowest BCUT2D eigenvalue weighted by Crippen LogP contribution is -2.35. The van der Waals surface area contributed by atoms with Gasteiger partial charge < -0.3 is 10.2 Å². The van der Waals surface area contributed by atoms with E-state index in [4.69, 9.17) is 0 Å². The predicted octanol–water partition coefficient (Wildman–Crippen LogP) is 5.82. The van der Waals surface area contributed by atoms with E-state index in [2.05, 4.69) is 37.4 Å². The van der Waals surface area contributed by atoms with Gasteiger partial charge in [0.15, 0.2) is 0 Å². The van der Waals surface area contributed by atoms with Gasteiger partial charge in [0.1, 0.15) is 0 Å². The molecule has 27 heavy (non-hydrogen) atoms. The number of carbonyl (C=O) groups excluding carboxylic acids is 1. The fourth-order valence-corrected chi connectivity index (χ4v) is 3.57. The maximum Gasteiger partial charge on any atom is 0.322 e. The highest BCUT2D eigenvalue weighted by atomic mass is 19.3. The third-order valence-corrected chi connectivity index (χ3v) is 5.29. The molecule has 0 unspecified atom stereocenters. The second kappa shape index (κ2) is 6.95. The molecule has 2 aromatic carbocycles. The molecule has 0 saturated carbocycles. The Bertz CT molecular complexity index is 838. The zero-order chi connectivity index (χ0) is 19.8. The van der Waals surface area contributed by atoms with Gasteiger partial charge in [-0.2, -0.15) is 0 Å². The lowest BCUT2D eigenvalue weighted by Gasteiger charge is -2.25. The van der Waals surface area contributed by atoms with Gasteiger partial charge in [0.05, 0.1) is 0 Å². The number of nitrogens with one attached hydrogen (secondary N) is 1. The molecule has 0 atom stereocenters. The molecule has 0 aromatic heterocycles. The number of aryl methyl sites for hydroxylation is 1. The number of amides is 2. The van der Waals surface area contributed by atoms with Crippen LogP contribution >= 0.6 is 0 Å². The molecule has 1 heterocycles. The van der Waals surface area contributed by atoms with E-state index < -0.39 is 5.92 Å². The SMILES string of the molecule is Cc1ccc2c(c1)CN(C(=O)Nc1ccc(C(C)(F)F)cc1)CCC2(C)C. The molecule has 1 aliphatic heterocycles. The first-order chi connectivity index (χ1) is 12.6. The average molecular weight is 372 g/mol. The zero-order valence-corrected chi connectivity index (χ0v) is 16.3. The van der Waals surface area contributed by atoms with E-state index in [1.807, 2.05) is 6.92 Å². The molecule has 2 aromatic rings. The fraction of sp³-hybridized carbons (Fsp3) is 0.409. The minimum atomic E-state index is -2.89. The lowest BCUT2D eigenvalue weighted by molar-refractivity contribution is 0.0175. The maximum atomic E-state index is 13.3. The quantitative estimate of drug-likeness (QED) is 0.707. The smallest absolute Gasteiger partial charge is 0.320 e. The van der Waals surface area contributed by atoms with Crippen LogP contribution in [0.1, 0.15) is 49.4 Å². The topological polar surface area (TPSA) is 32.3 Å². The predicted molar refractivity (Wildman–Crippen MR) is 104 cm³/mol. The summed E-state index contributed by atoms with van der Waals surface area (Å²) in [5.41, 5.74) is 4.05. The van der Waals surface area contributed by atoms with Crippen molar-refractivity contribution in [3.8, 4) is 0 Å². The highest BCUT2D eigenvalue weighted by molar-refractivity contribution is 5.89. The number of hydrogen-bond acceptors (Lipinski definition) is 1. The van der Waals surface area contributed by atoms with E-state index in [-0.39, 0.29) is 17.0 Å². The number of nitrogens with zero attached hydrogens (tertiary/aromatic N) is 1. The molecule has 3 nitrogen and oxygen atoms in total. The van der Waals surface area contributed by atoms with E-state index >= 15 is 0 Å². The van der Waals surface area contributed by atoms with Crippen LogP contribution in [0.15, 0.2) is 42.5 Å². The maximum absolute atomic E-state index is 13.3. The van der Waals surface area contributed by atoms with Crippen molar-refractivity contribution in [3.63, 3.8) is 0 Å². The number of halogens is 2. The summed E-state index contributed by atoms with van der Waals surface area (Å²) < 4.78 is 26.7. The van der Waals surface area contributed by atoms with Crippen LogP contribution < -0.4 is 5.32 Å². The van der Waals surface area contributed by atoms with Crippen molar-refractivity contribution < 1.29 is 13.6 Å². The summed E-state index contributed by atoms with van der Waals surface area (Å²) in [6.45, 7) is 8.49. The lowest BCUT2D eigenvalue weighted by atomic mass is 9.79. The molecule has 0 aliphatic carbocycles. The van der Waals surface area contributed by atoms with Gasteiger partial charge in [-0.1, -0.05) is 49.7 Å². The molecule has 0 bridgehead atoms. The van der Waals surface area contributed by atoms with Gasteiger partial charge in [0.2, 0.25) is 0 Å². The summed E-state index contributed by atoms with van der Waals surface area (Å²) in [5, 5.41) is 2.83. The van der Waals surface area contributed by atoms with Crippen molar-refractivity contribution >= 4 is 11.7 Å². The van der Waals surface area contributed by atoms with Gasteiger partial charge in [-0.3, -0.25) is 0 Å². The molecule has 0 fully saturated rings. The summed E-state index contributed by atoms with van der Waals surface area (Å²) in [7, 11) is 0. The van der Waals surface area contributed by atoms with Crippen molar-refractivity contribution in [2.24, 2.45) is 0 Å². The van der Waals surface area contributed by atoms with Crippen LogP contribution in [0, 0.1) is 6.92 Å². The summed E-state index contributed by atoms with van der Waals surface area (Å²) in [6, 6.07) is 11.9. The van der Waals surface area contributed by atoms with Crippen molar-refractivity contribution in [1.82, 2.24) is 4.90 Å². The normalized spacial score (nSPS) is 16.4. The van der Waals surface area contributed by atoms with E-state index in [9.17, 15) is 13.6 Å². The highest BCUT2D eigenvalue weighted by Crippen LogP contribution is 2.34. The number of rotatable bonds is 2. The Morgan fingerprint density at radius 1 is 1.15 bits per heavy atom. The van der Waals surface area contributed by atoms with E-state index in [0.29, 0.717) is 18.8 Å². The van der Waals surface area contributed by atoms with Crippen molar-refractivity contribution in [2.75, 3.05) is 11.9 Å². The molecular weight excluding hydrogens is 346 g/mol. The second-order valence-electron chi connectivity index (χ2n) is 8.11. The monoisotopic (exact) mass is 372 g/mol. The van der Waals surface area contributed by atoms with Crippen molar-refractivity contribution in [2.45, 2.75) is 52.0 Å². The van der Waals surface area contributed by atoms with Crippen LogP contribution in [0.4, 0.5) is 19.3 Å². The second-order valence-corrected chi connectivity index (χ2v) is 8.11. The van der Waals surface area contributed by atoms with E-state index in [1.165, 1.54) is 35.4 Å². The first kappa shape index (κ1) is 19.3. The summed E-state index contributed by atoms with van der Waals surface area (Å²) in [4.78, 5) is 14.6. The molecule has 1 aliphatic rings. The van der Waals surface area contributed by atoms with E-state index in [1.54, 1.807) is 4.90 Å². The zero-order valence-electron chi connectivity index (χ0n) is 16.3. The Morgan fingerprint density at radius 2 is 1.81 bits per heavy atom. The summed E-state index contributed by atoms with van der Waals surface area (Å²) in [6.07, 6.45) is 0.859. The Morgan fingerprint density at radius 3 is 2.44 bits per heavy atom. The highest BCUT2D eigenvalue weighted by Gasteiger charge is 2.30. The van der Waals surface area contributed by atoms with Crippen LogP contribution in [0.3, 0.4) is 0 Å². The Balaban J connectivity index is 1.77. The van der Waals surface area contributed by atoms with Crippen LogP contribution in [0.2, 0.25) is 0 Å². The third-order valence-electron chi connectivity index (χ3n) is 5.29. The largest absolute Gasteiger partial charge is 0.322 e. The number of carbonyl (C=O) groups is 1. The van der Waals surface area contributed by atoms with Crippen LogP contribution in [0.25, 0.3) is 0 Å². The van der Waals surface area contributed by atoms with Gasteiger partial charge in [-0.05, 0) is 42.0 Å². The molecule has 0 spiro atoms. The minimum absolute atomic E-state index is 0.00752. The first-order valence-corrected chi connectivity index (χ1v) is 9.20. The molecule has 0 radical (unpaired) electrons. The molecule has 2 amide bonds. The van der Waals surface area contributed by atoms with Gasteiger partial charge in [-0.15, -0.1) is 0 Å². The summed E-state index contributed by atoms with van der Waals surface area (Å²) >= 11 is 0. The number of alkyl halides is 2. The number of fused-ring (bicyclic) bond motifs is 1. The summed E-state index contributed by atoms with van der Waals surface area (Å²) in [5.74, 6) is -2.89. The van der Waals surface area contributed by atoms with Crippen LogP contribution in [0.5, 0.6) is 0 Å². The Kier molecular flexibility index (Phi) is 4.98. The molecule has 1 N–H and O–H groups in total. The van der Waals surface area contributed by atoms with Gasteiger partial charge >= 0.3 is 6.03 Å². The standard InChI is InChI=1S/C22H26F2N2O/c1-15-5-10-19-16(13-15)14-26(12-11-21(19,2)3)20(27)25-18-8-6-17(7-9-18)22(4,23)24/h5-10,13H,11-12,14H2,1-4H3,(H,25,27). The Hall–Kier alpha value is -2.43. The fourth-order valence-electron chi connectivity index (χ4n) is 3.57. The third kappa shape index (κ3) is 4.29. The van der Waals surface area contributed by atoms with Crippen LogP contribution in [-0.4, -0.2) is 17.5 Å². The van der Waals surface area contributed by atoms with Gasteiger partial charge in [0.25, 0.3) is 5.92 Å². The first-order valence-electron chi connectivity index (χ1n) is 9.20. The molecule has 5 heteroatoms. The molecular formula is C22H26F2N2O.